The number of carbonyl (C=O) groups excluding carboxylic acids is 1. The molecular weight excluding hydrogens is 258 g/mol. The number of alkyl halides is 2. The molecular formula is C13H12F2O2S. The van der Waals surface area contributed by atoms with Gasteiger partial charge in [-0.05, 0) is 12.1 Å². The van der Waals surface area contributed by atoms with Crippen LogP contribution in [0.2, 0.25) is 0 Å². The molecule has 96 valence electrons. The van der Waals surface area contributed by atoms with Crippen molar-refractivity contribution in [3.05, 3.63) is 29.8 Å². The summed E-state index contributed by atoms with van der Waals surface area (Å²) in [5.41, 5.74) is 0.422. The molecule has 2 nitrogen and oxygen atoms in total. The second-order valence-electron chi connectivity index (χ2n) is 3.27. The first kappa shape index (κ1) is 14.5. The van der Waals surface area contributed by atoms with E-state index in [1.54, 1.807) is 18.2 Å². The lowest BCUT2D eigenvalue weighted by Crippen LogP contribution is -2.03. The summed E-state index contributed by atoms with van der Waals surface area (Å²) < 4.78 is 28.6. The van der Waals surface area contributed by atoms with E-state index in [0.29, 0.717) is 17.7 Å². The quantitative estimate of drug-likeness (QED) is 0.620. The van der Waals surface area contributed by atoms with E-state index >= 15 is 0 Å². The van der Waals surface area contributed by atoms with Gasteiger partial charge in [-0.25, -0.2) is 0 Å². The maximum Gasteiger partial charge on any atom is 0.387 e. The summed E-state index contributed by atoms with van der Waals surface area (Å²) in [6, 6.07) is 6.37. The van der Waals surface area contributed by atoms with Crippen molar-refractivity contribution in [1.29, 1.82) is 0 Å². The minimum Gasteiger partial charge on any atom is -0.434 e. The van der Waals surface area contributed by atoms with E-state index in [1.165, 1.54) is 24.8 Å². The molecule has 0 N–H and O–H groups in total. The third-order valence-electron chi connectivity index (χ3n) is 1.86. The predicted molar refractivity (Wildman–Crippen MR) is 67.7 cm³/mol. The van der Waals surface area contributed by atoms with Crippen molar-refractivity contribution in [2.45, 2.75) is 20.0 Å². The molecule has 0 aliphatic rings. The Hall–Kier alpha value is -1.54. The number of ether oxygens (including phenoxy) is 1. The lowest BCUT2D eigenvalue weighted by molar-refractivity contribution is -0.109. The van der Waals surface area contributed by atoms with E-state index in [4.69, 9.17) is 0 Å². The topological polar surface area (TPSA) is 26.3 Å². The first-order valence-electron chi connectivity index (χ1n) is 5.25. The molecule has 0 aromatic heterocycles. The van der Waals surface area contributed by atoms with Gasteiger partial charge in [0.25, 0.3) is 0 Å². The van der Waals surface area contributed by atoms with Crippen molar-refractivity contribution in [1.82, 2.24) is 0 Å². The third kappa shape index (κ3) is 5.69. The summed E-state index contributed by atoms with van der Waals surface area (Å²) in [4.78, 5) is 10.7. The maximum atomic E-state index is 12.1. The molecule has 0 spiro atoms. The molecule has 1 rings (SSSR count). The molecule has 0 aliphatic heterocycles. The van der Waals surface area contributed by atoms with Gasteiger partial charge in [-0.1, -0.05) is 35.7 Å². The molecule has 0 saturated heterocycles. The standard InChI is InChI=1S/C13H12F2O2S/c1-10(16)18-9-5-4-7-11-6-2-3-8-12(11)17-13(14)15/h2-3,6,8,13H,5,9H2,1H3. The number of thioether (sulfide) groups is 1. The largest absolute Gasteiger partial charge is 0.434 e. The minimum atomic E-state index is -2.86. The molecule has 0 unspecified atom stereocenters. The van der Waals surface area contributed by atoms with Crippen LogP contribution in [0.15, 0.2) is 24.3 Å². The van der Waals surface area contributed by atoms with Crippen LogP contribution in [-0.4, -0.2) is 17.5 Å². The average molecular weight is 270 g/mol. The molecule has 0 atom stereocenters. The number of benzene rings is 1. The van der Waals surface area contributed by atoms with Gasteiger partial charge in [0.05, 0.1) is 5.56 Å². The highest BCUT2D eigenvalue weighted by atomic mass is 32.2. The van der Waals surface area contributed by atoms with E-state index in [1.807, 2.05) is 0 Å². The molecule has 0 heterocycles. The van der Waals surface area contributed by atoms with Gasteiger partial charge in [-0.2, -0.15) is 8.78 Å². The Balaban J connectivity index is 2.60. The zero-order valence-corrected chi connectivity index (χ0v) is 10.6. The molecule has 1 aromatic rings. The van der Waals surface area contributed by atoms with Gasteiger partial charge in [-0.3, -0.25) is 4.79 Å². The van der Waals surface area contributed by atoms with E-state index in [9.17, 15) is 13.6 Å². The average Bonchev–Trinajstić information content (AvgIpc) is 2.29. The van der Waals surface area contributed by atoms with E-state index < -0.39 is 6.61 Å². The lowest BCUT2D eigenvalue weighted by atomic mass is 10.2. The van der Waals surface area contributed by atoms with Gasteiger partial charge in [-0.15, -0.1) is 0 Å². The van der Waals surface area contributed by atoms with Crippen LogP contribution < -0.4 is 4.74 Å². The number of rotatable bonds is 4. The third-order valence-corrected chi connectivity index (χ3v) is 2.67. The normalized spacial score (nSPS) is 9.78. The van der Waals surface area contributed by atoms with E-state index in [-0.39, 0.29) is 10.9 Å². The van der Waals surface area contributed by atoms with Crippen molar-refractivity contribution >= 4 is 16.9 Å². The molecule has 0 bridgehead atoms. The monoisotopic (exact) mass is 270 g/mol. The molecule has 0 fully saturated rings. The highest BCUT2D eigenvalue weighted by Crippen LogP contribution is 2.19. The van der Waals surface area contributed by atoms with E-state index in [2.05, 4.69) is 16.6 Å². The highest BCUT2D eigenvalue weighted by Gasteiger charge is 2.06. The van der Waals surface area contributed by atoms with Gasteiger partial charge < -0.3 is 4.74 Å². The fourth-order valence-electron chi connectivity index (χ4n) is 1.17. The molecule has 0 radical (unpaired) electrons. The number of hydrogen-bond donors (Lipinski definition) is 0. The van der Waals surface area contributed by atoms with Crippen LogP contribution in [0.5, 0.6) is 5.75 Å². The van der Waals surface area contributed by atoms with Crippen molar-refractivity contribution in [2.75, 3.05) is 5.75 Å². The Morgan fingerprint density at radius 2 is 2.17 bits per heavy atom. The van der Waals surface area contributed by atoms with Crippen LogP contribution in [0.4, 0.5) is 8.78 Å². The first-order valence-corrected chi connectivity index (χ1v) is 6.24. The van der Waals surface area contributed by atoms with Gasteiger partial charge in [0.2, 0.25) is 0 Å². The Kier molecular flexibility index (Phi) is 6.23. The number of carbonyl (C=O) groups is 1. The zero-order valence-electron chi connectivity index (χ0n) is 9.78. The smallest absolute Gasteiger partial charge is 0.387 e. The summed E-state index contributed by atoms with van der Waals surface area (Å²) in [6.07, 6.45) is 0.521. The van der Waals surface area contributed by atoms with Gasteiger partial charge in [0.1, 0.15) is 5.75 Å². The van der Waals surface area contributed by atoms with Crippen LogP contribution in [0.25, 0.3) is 0 Å². The number of halogens is 2. The second-order valence-corrected chi connectivity index (χ2v) is 4.54. The molecule has 18 heavy (non-hydrogen) atoms. The van der Waals surface area contributed by atoms with Crippen LogP contribution in [0.1, 0.15) is 18.9 Å². The molecule has 0 aliphatic carbocycles. The van der Waals surface area contributed by atoms with Crippen molar-refractivity contribution in [2.24, 2.45) is 0 Å². The van der Waals surface area contributed by atoms with Crippen LogP contribution in [-0.2, 0) is 4.79 Å². The number of hydrogen-bond acceptors (Lipinski definition) is 3. The summed E-state index contributed by atoms with van der Waals surface area (Å²) in [5, 5.41) is 0.0400. The van der Waals surface area contributed by atoms with Crippen LogP contribution in [0.3, 0.4) is 0 Å². The predicted octanol–water partition coefficient (Wildman–Crippen LogP) is 3.31. The Morgan fingerprint density at radius 1 is 1.44 bits per heavy atom. The second kappa shape index (κ2) is 7.72. The van der Waals surface area contributed by atoms with E-state index in [0.717, 1.165) is 0 Å². The summed E-state index contributed by atoms with van der Waals surface area (Å²) in [5.74, 6) is 6.25. The summed E-state index contributed by atoms with van der Waals surface area (Å²) in [7, 11) is 0. The Labute approximate surface area is 109 Å². The number of para-hydroxylation sites is 1. The van der Waals surface area contributed by atoms with Crippen molar-refractivity contribution < 1.29 is 18.3 Å². The molecule has 5 heteroatoms. The van der Waals surface area contributed by atoms with Gasteiger partial charge >= 0.3 is 6.61 Å². The molecule has 0 amide bonds. The highest BCUT2D eigenvalue weighted by molar-refractivity contribution is 8.13. The molecule has 0 saturated carbocycles. The SMILES string of the molecule is CC(=O)SCCC#Cc1ccccc1OC(F)F. The van der Waals surface area contributed by atoms with Crippen LogP contribution >= 0.6 is 11.8 Å². The Bertz CT molecular complexity index is 464. The van der Waals surface area contributed by atoms with Crippen molar-refractivity contribution in [3.8, 4) is 17.6 Å². The molecule has 1 aromatic carbocycles. The Morgan fingerprint density at radius 3 is 2.83 bits per heavy atom. The summed E-state index contributed by atoms with van der Waals surface area (Å²) >= 11 is 1.19. The fraction of sp³-hybridized carbons (Fsp3) is 0.308. The lowest BCUT2D eigenvalue weighted by Gasteiger charge is -2.05. The van der Waals surface area contributed by atoms with Crippen LogP contribution in [0, 0.1) is 11.8 Å². The minimum absolute atomic E-state index is 0.0400. The maximum absolute atomic E-state index is 12.1. The van der Waals surface area contributed by atoms with Gasteiger partial charge in [0.15, 0.2) is 5.12 Å². The van der Waals surface area contributed by atoms with Crippen molar-refractivity contribution in [3.63, 3.8) is 0 Å². The fourth-order valence-corrected chi connectivity index (χ4v) is 1.66. The van der Waals surface area contributed by atoms with Gasteiger partial charge in [0, 0.05) is 19.1 Å². The summed E-state index contributed by atoms with van der Waals surface area (Å²) in [6.45, 7) is -1.37. The zero-order chi connectivity index (χ0) is 13.4. The first-order chi connectivity index (χ1) is 8.59.